The van der Waals surface area contributed by atoms with Gasteiger partial charge in [0.25, 0.3) is 5.91 Å². The first-order chi connectivity index (χ1) is 11.7. The first-order valence-corrected chi connectivity index (χ1v) is 9.52. The second-order valence-corrected chi connectivity index (χ2v) is 7.69. The number of thioether (sulfide) groups is 1. The number of thiocarbonyl (C=S) groups is 1. The Morgan fingerprint density at radius 1 is 1.25 bits per heavy atom. The summed E-state index contributed by atoms with van der Waals surface area (Å²) in [5, 5.41) is 0. The second kappa shape index (κ2) is 7.99. The van der Waals surface area contributed by atoms with Crippen LogP contribution in [-0.2, 0) is 4.79 Å². The largest absolute Gasteiger partial charge is 0.490 e. The minimum absolute atomic E-state index is 0.0592. The molecular weight excluding hydrogens is 338 g/mol. The molecule has 0 unspecified atom stereocenters. The third kappa shape index (κ3) is 3.90. The average molecular weight is 360 g/mol. The normalized spacial score (nSPS) is 20.7. The number of carbonyl (C=O) groups excluding carboxylic acids is 1. The molecule has 1 saturated heterocycles. The molecule has 1 aromatic carbocycles. The predicted molar refractivity (Wildman–Crippen MR) is 104 cm³/mol. The summed E-state index contributed by atoms with van der Waals surface area (Å²) >= 11 is 6.87. The lowest BCUT2D eigenvalue weighted by molar-refractivity contribution is -0.124. The van der Waals surface area contributed by atoms with Gasteiger partial charge in [0.15, 0.2) is 0 Å². The minimum atomic E-state index is 0.0592. The molecule has 1 amide bonds. The molecule has 3 rings (SSSR count). The van der Waals surface area contributed by atoms with Crippen LogP contribution >= 0.6 is 24.0 Å². The van der Waals surface area contributed by atoms with Gasteiger partial charge in [-0.2, -0.15) is 0 Å². The van der Waals surface area contributed by atoms with Gasteiger partial charge in [0.2, 0.25) is 0 Å². The summed E-state index contributed by atoms with van der Waals surface area (Å²) in [5.41, 5.74) is 0.977. The maximum absolute atomic E-state index is 12.7. The number of amides is 1. The van der Waals surface area contributed by atoms with Gasteiger partial charge in [0.05, 0.1) is 4.91 Å². The topological polar surface area (TPSA) is 29.5 Å². The fraction of sp³-hybridized carbons (Fsp3) is 0.368. The summed E-state index contributed by atoms with van der Waals surface area (Å²) in [5.74, 6) is 0.852. The third-order valence-corrected chi connectivity index (χ3v) is 5.64. The van der Waals surface area contributed by atoms with Crippen molar-refractivity contribution in [2.75, 3.05) is 6.61 Å². The van der Waals surface area contributed by atoms with Gasteiger partial charge in [-0.05, 0) is 36.6 Å². The van der Waals surface area contributed by atoms with Crippen molar-refractivity contribution in [1.82, 2.24) is 4.90 Å². The standard InChI is InChI=1S/C19H21NO2S2/c1-2-12-22-16-10-8-14(9-11-16)13-17-18(21)20(19(23)24-17)15-6-4-3-5-7-15/h2,8-11,13,15H,1,3-7,12H2. The molecule has 126 valence electrons. The molecule has 1 aromatic rings. The van der Waals surface area contributed by atoms with Gasteiger partial charge in [0, 0.05) is 6.04 Å². The van der Waals surface area contributed by atoms with E-state index in [-0.39, 0.29) is 11.9 Å². The van der Waals surface area contributed by atoms with E-state index in [0.717, 1.165) is 24.2 Å². The Balaban J connectivity index is 1.72. The Hall–Kier alpha value is -1.59. The molecule has 0 atom stereocenters. The zero-order chi connectivity index (χ0) is 16.9. The van der Waals surface area contributed by atoms with E-state index in [0.29, 0.717) is 15.8 Å². The Morgan fingerprint density at radius 2 is 1.96 bits per heavy atom. The zero-order valence-electron chi connectivity index (χ0n) is 13.6. The lowest BCUT2D eigenvalue weighted by Gasteiger charge is -2.29. The molecule has 3 nitrogen and oxygen atoms in total. The van der Waals surface area contributed by atoms with Crippen molar-refractivity contribution in [3.63, 3.8) is 0 Å². The molecule has 1 aliphatic carbocycles. The zero-order valence-corrected chi connectivity index (χ0v) is 15.2. The minimum Gasteiger partial charge on any atom is -0.490 e. The summed E-state index contributed by atoms with van der Waals surface area (Å²) in [7, 11) is 0. The molecular formula is C19H21NO2S2. The summed E-state index contributed by atoms with van der Waals surface area (Å²) in [6.45, 7) is 4.12. The van der Waals surface area contributed by atoms with Gasteiger partial charge >= 0.3 is 0 Å². The Bertz CT molecular complexity index is 660. The quantitative estimate of drug-likeness (QED) is 0.430. The van der Waals surface area contributed by atoms with Crippen molar-refractivity contribution in [3.05, 3.63) is 47.4 Å². The van der Waals surface area contributed by atoms with Crippen molar-refractivity contribution in [2.45, 2.75) is 38.1 Å². The van der Waals surface area contributed by atoms with Crippen LogP contribution in [0.5, 0.6) is 5.75 Å². The van der Waals surface area contributed by atoms with E-state index >= 15 is 0 Å². The van der Waals surface area contributed by atoms with Crippen molar-refractivity contribution in [3.8, 4) is 5.75 Å². The molecule has 1 heterocycles. The van der Waals surface area contributed by atoms with E-state index in [1.165, 1.54) is 31.0 Å². The molecule has 1 aliphatic heterocycles. The first-order valence-electron chi connectivity index (χ1n) is 8.30. The van der Waals surface area contributed by atoms with Crippen LogP contribution in [0.4, 0.5) is 0 Å². The van der Waals surface area contributed by atoms with Gasteiger partial charge in [-0.25, -0.2) is 0 Å². The van der Waals surface area contributed by atoms with Crippen LogP contribution in [0.15, 0.2) is 41.8 Å². The number of ether oxygens (including phenoxy) is 1. The molecule has 5 heteroatoms. The fourth-order valence-corrected chi connectivity index (χ4v) is 4.50. The van der Waals surface area contributed by atoms with Crippen LogP contribution in [0.3, 0.4) is 0 Å². The SMILES string of the molecule is C=CCOc1ccc(C=C2SC(=S)N(C3CCCCC3)C2=O)cc1. The number of benzene rings is 1. The van der Waals surface area contributed by atoms with Crippen LogP contribution in [0.1, 0.15) is 37.7 Å². The van der Waals surface area contributed by atoms with E-state index in [1.54, 1.807) is 6.08 Å². The highest BCUT2D eigenvalue weighted by Gasteiger charge is 2.37. The summed E-state index contributed by atoms with van der Waals surface area (Å²) in [4.78, 5) is 15.3. The summed E-state index contributed by atoms with van der Waals surface area (Å²) in [6, 6.07) is 7.98. The maximum atomic E-state index is 12.7. The van der Waals surface area contributed by atoms with Gasteiger partial charge < -0.3 is 4.74 Å². The van der Waals surface area contributed by atoms with Crippen LogP contribution < -0.4 is 4.74 Å². The molecule has 0 aromatic heterocycles. The second-order valence-electron chi connectivity index (χ2n) is 6.01. The van der Waals surface area contributed by atoms with Gasteiger partial charge in [-0.3, -0.25) is 9.69 Å². The Labute approximate surface area is 152 Å². The summed E-state index contributed by atoms with van der Waals surface area (Å²) in [6.07, 6.45) is 9.40. The van der Waals surface area contributed by atoms with Crippen molar-refractivity contribution in [2.24, 2.45) is 0 Å². The highest BCUT2D eigenvalue weighted by Crippen LogP contribution is 2.37. The molecule has 2 aliphatic rings. The number of nitrogens with zero attached hydrogens (tertiary/aromatic N) is 1. The van der Waals surface area contributed by atoms with Crippen LogP contribution in [0.25, 0.3) is 6.08 Å². The van der Waals surface area contributed by atoms with Gasteiger partial charge in [-0.1, -0.05) is 68.0 Å². The van der Waals surface area contributed by atoms with Crippen molar-refractivity contribution < 1.29 is 9.53 Å². The van der Waals surface area contributed by atoms with E-state index in [4.69, 9.17) is 17.0 Å². The predicted octanol–water partition coefficient (Wildman–Crippen LogP) is 4.79. The fourth-order valence-electron chi connectivity index (χ4n) is 3.10. The molecule has 0 spiro atoms. The molecule has 0 N–H and O–H groups in total. The highest BCUT2D eigenvalue weighted by atomic mass is 32.2. The maximum Gasteiger partial charge on any atom is 0.266 e. The Kier molecular flexibility index (Phi) is 5.74. The third-order valence-electron chi connectivity index (χ3n) is 4.31. The molecule has 24 heavy (non-hydrogen) atoms. The average Bonchev–Trinajstić information content (AvgIpc) is 2.88. The first kappa shape index (κ1) is 17.2. The Morgan fingerprint density at radius 3 is 2.62 bits per heavy atom. The smallest absolute Gasteiger partial charge is 0.266 e. The highest BCUT2D eigenvalue weighted by molar-refractivity contribution is 8.26. The number of rotatable bonds is 5. The summed E-state index contributed by atoms with van der Waals surface area (Å²) < 4.78 is 6.17. The van der Waals surface area contributed by atoms with E-state index in [1.807, 2.05) is 35.2 Å². The van der Waals surface area contributed by atoms with Crippen LogP contribution in [0.2, 0.25) is 0 Å². The monoisotopic (exact) mass is 359 g/mol. The van der Waals surface area contributed by atoms with E-state index < -0.39 is 0 Å². The molecule has 0 bridgehead atoms. The number of carbonyl (C=O) groups is 1. The lowest BCUT2D eigenvalue weighted by Crippen LogP contribution is -2.39. The number of hydrogen-bond acceptors (Lipinski definition) is 4. The van der Waals surface area contributed by atoms with Crippen LogP contribution in [-0.4, -0.2) is 27.8 Å². The molecule has 2 fully saturated rings. The van der Waals surface area contributed by atoms with E-state index in [2.05, 4.69) is 6.58 Å². The lowest BCUT2D eigenvalue weighted by atomic mass is 9.94. The van der Waals surface area contributed by atoms with Gasteiger partial charge in [-0.15, -0.1) is 0 Å². The van der Waals surface area contributed by atoms with Crippen LogP contribution in [0, 0.1) is 0 Å². The van der Waals surface area contributed by atoms with E-state index in [9.17, 15) is 4.79 Å². The van der Waals surface area contributed by atoms with Crippen molar-refractivity contribution in [1.29, 1.82) is 0 Å². The number of hydrogen-bond donors (Lipinski definition) is 0. The molecule has 0 radical (unpaired) electrons. The molecule has 1 saturated carbocycles. The van der Waals surface area contributed by atoms with Crippen molar-refractivity contribution >= 4 is 40.3 Å². The van der Waals surface area contributed by atoms with Gasteiger partial charge in [0.1, 0.15) is 16.7 Å².